The predicted octanol–water partition coefficient (Wildman–Crippen LogP) is 4.08. The second-order valence-electron chi connectivity index (χ2n) is 4.55. The molecular formula is C17H12N2. The lowest BCUT2D eigenvalue weighted by molar-refractivity contribution is 1.31. The van der Waals surface area contributed by atoms with Gasteiger partial charge in [-0.25, -0.2) is 0 Å². The molecule has 0 N–H and O–H groups in total. The maximum Gasteiger partial charge on any atom is 0.0991 e. The Morgan fingerprint density at radius 2 is 1.89 bits per heavy atom. The third kappa shape index (κ3) is 1.96. The summed E-state index contributed by atoms with van der Waals surface area (Å²) >= 11 is 0. The molecule has 0 bridgehead atoms. The Morgan fingerprint density at radius 3 is 2.74 bits per heavy atom. The highest BCUT2D eigenvalue weighted by molar-refractivity contribution is 5.98. The quantitative estimate of drug-likeness (QED) is 0.646. The molecule has 0 saturated heterocycles. The van der Waals surface area contributed by atoms with Gasteiger partial charge in [-0.15, -0.1) is 0 Å². The van der Waals surface area contributed by atoms with Crippen molar-refractivity contribution >= 4 is 10.8 Å². The monoisotopic (exact) mass is 244 g/mol. The minimum Gasteiger partial charge on any atom is -0.264 e. The molecule has 0 aliphatic rings. The summed E-state index contributed by atoms with van der Waals surface area (Å²) < 4.78 is 0. The van der Waals surface area contributed by atoms with Crippen molar-refractivity contribution in [2.24, 2.45) is 0 Å². The van der Waals surface area contributed by atoms with Gasteiger partial charge in [0.25, 0.3) is 0 Å². The Hall–Kier alpha value is -2.66. The van der Waals surface area contributed by atoms with E-state index in [0.717, 1.165) is 22.1 Å². The second-order valence-corrected chi connectivity index (χ2v) is 4.55. The first-order valence-corrected chi connectivity index (χ1v) is 6.13. The Labute approximate surface area is 112 Å². The Kier molecular flexibility index (Phi) is 2.74. The molecule has 0 fully saturated rings. The van der Waals surface area contributed by atoms with Crippen molar-refractivity contribution in [3.05, 3.63) is 66.0 Å². The summed E-state index contributed by atoms with van der Waals surface area (Å²) in [5, 5.41) is 11.3. The normalized spacial score (nSPS) is 10.3. The van der Waals surface area contributed by atoms with Crippen LogP contribution in [0.2, 0.25) is 0 Å². The third-order valence-corrected chi connectivity index (χ3v) is 3.28. The van der Waals surface area contributed by atoms with Crippen LogP contribution < -0.4 is 0 Å². The van der Waals surface area contributed by atoms with Crippen LogP contribution in [0, 0.1) is 18.3 Å². The molecule has 3 rings (SSSR count). The van der Waals surface area contributed by atoms with Crippen LogP contribution in [0.3, 0.4) is 0 Å². The SMILES string of the molecule is Cc1cncc2cccc(-c3cccc(C#N)c3)c12. The lowest BCUT2D eigenvalue weighted by Gasteiger charge is -2.09. The third-order valence-electron chi connectivity index (χ3n) is 3.28. The maximum absolute atomic E-state index is 9.02. The van der Waals surface area contributed by atoms with E-state index in [1.807, 2.05) is 42.7 Å². The van der Waals surface area contributed by atoms with Gasteiger partial charge in [-0.2, -0.15) is 5.26 Å². The molecule has 3 aromatic rings. The van der Waals surface area contributed by atoms with Crippen LogP contribution in [-0.2, 0) is 0 Å². The fourth-order valence-corrected chi connectivity index (χ4v) is 2.41. The van der Waals surface area contributed by atoms with Gasteiger partial charge in [0.15, 0.2) is 0 Å². The van der Waals surface area contributed by atoms with E-state index >= 15 is 0 Å². The van der Waals surface area contributed by atoms with E-state index in [0.29, 0.717) is 5.56 Å². The Bertz CT molecular complexity index is 792. The molecule has 0 aliphatic heterocycles. The van der Waals surface area contributed by atoms with Crippen molar-refractivity contribution in [3.63, 3.8) is 0 Å². The Balaban J connectivity index is 2.34. The minimum absolute atomic E-state index is 0.682. The van der Waals surface area contributed by atoms with Gasteiger partial charge in [0.1, 0.15) is 0 Å². The highest BCUT2D eigenvalue weighted by atomic mass is 14.6. The first kappa shape index (κ1) is 11.4. The number of hydrogen-bond acceptors (Lipinski definition) is 2. The topological polar surface area (TPSA) is 36.7 Å². The Morgan fingerprint density at radius 1 is 1.05 bits per heavy atom. The first-order chi connectivity index (χ1) is 9.29. The fraction of sp³-hybridized carbons (Fsp3) is 0.0588. The molecule has 0 amide bonds. The number of aromatic nitrogens is 1. The maximum atomic E-state index is 9.02. The van der Waals surface area contributed by atoms with Gasteiger partial charge in [-0.1, -0.05) is 30.3 Å². The van der Waals surface area contributed by atoms with E-state index < -0.39 is 0 Å². The summed E-state index contributed by atoms with van der Waals surface area (Å²) in [6.45, 7) is 2.06. The highest BCUT2D eigenvalue weighted by Gasteiger charge is 2.06. The summed E-state index contributed by atoms with van der Waals surface area (Å²) in [7, 11) is 0. The van der Waals surface area contributed by atoms with Crippen LogP contribution in [-0.4, -0.2) is 4.98 Å². The van der Waals surface area contributed by atoms with Crippen LogP contribution in [0.1, 0.15) is 11.1 Å². The average Bonchev–Trinajstić information content (AvgIpc) is 2.47. The van der Waals surface area contributed by atoms with Crippen LogP contribution in [0.25, 0.3) is 21.9 Å². The molecule has 0 radical (unpaired) electrons. The number of nitriles is 1. The molecule has 19 heavy (non-hydrogen) atoms. The number of aryl methyl sites for hydroxylation is 1. The summed E-state index contributed by atoms with van der Waals surface area (Å²) in [6, 6.07) is 16.1. The van der Waals surface area contributed by atoms with E-state index in [1.165, 1.54) is 5.39 Å². The van der Waals surface area contributed by atoms with Gasteiger partial charge < -0.3 is 0 Å². The number of fused-ring (bicyclic) bond motifs is 1. The fourth-order valence-electron chi connectivity index (χ4n) is 2.41. The number of hydrogen-bond donors (Lipinski definition) is 0. The van der Waals surface area contributed by atoms with Crippen molar-refractivity contribution in [2.45, 2.75) is 6.92 Å². The second kappa shape index (κ2) is 4.55. The minimum atomic E-state index is 0.682. The molecule has 1 heterocycles. The van der Waals surface area contributed by atoms with E-state index in [2.05, 4.69) is 30.1 Å². The molecule has 0 saturated carbocycles. The molecule has 2 heteroatoms. The summed E-state index contributed by atoms with van der Waals surface area (Å²) in [5.74, 6) is 0. The molecule has 90 valence electrons. The molecule has 0 aliphatic carbocycles. The smallest absolute Gasteiger partial charge is 0.0991 e. The van der Waals surface area contributed by atoms with E-state index in [1.54, 1.807) is 0 Å². The van der Waals surface area contributed by atoms with Crippen LogP contribution in [0.4, 0.5) is 0 Å². The number of benzene rings is 2. The standard InChI is InChI=1S/C17H12N2/c1-12-10-19-11-15-6-3-7-16(17(12)15)14-5-2-4-13(8-14)9-18/h2-8,10-11H,1H3. The van der Waals surface area contributed by atoms with Gasteiger partial charge in [-0.3, -0.25) is 4.98 Å². The van der Waals surface area contributed by atoms with Gasteiger partial charge in [0.05, 0.1) is 11.6 Å². The molecule has 1 aromatic heterocycles. The molecular weight excluding hydrogens is 232 g/mol. The van der Waals surface area contributed by atoms with Crippen molar-refractivity contribution < 1.29 is 0 Å². The highest BCUT2D eigenvalue weighted by Crippen LogP contribution is 2.30. The molecule has 0 spiro atoms. The van der Waals surface area contributed by atoms with Crippen molar-refractivity contribution in [2.75, 3.05) is 0 Å². The average molecular weight is 244 g/mol. The number of rotatable bonds is 1. The number of pyridine rings is 1. The first-order valence-electron chi connectivity index (χ1n) is 6.13. The predicted molar refractivity (Wildman–Crippen MR) is 76.6 cm³/mol. The van der Waals surface area contributed by atoms with Crippen molar-refractivity contribution in [3.8, 4) is 17.2 Å². The van der Waals surface area contributed by atoms with E-state index in [4.69, 9.17) is 5.26 Å². The van der Waals surface area contributed by atoms with Crippen LogP contribution >= 0.6 is 0 Å². The van der Waals surface area contributed by atoms with Crippen LogP contribution in [0.5, 0.6) is 0 Å². The molecule has 2 aromatic carbocycles. The van der Waals surface area contributed by atoms with Crippen molar-refractivity contribution in [1.82, 2.24) is 4.98 Å². The summed E-state index contributed by atoms with van der Waals surface area (Å²) in [6.07, 6.45) is 3.75. The number of nitrogens with zero attached hydrogens (tertiary/aromatic N) is 2. The molecule has 0 unspecified atom stereocenters. The lowest BCUT2D eigenvalue weighted by Crippen LogP contribution is -1.87. The van der Waals surface area contributed by atoms with Gasteiger partial charge in [0, 0.05) is 17.8 Å². The van der Waals surface area contributed by atoms with Crippen molar-refractivity contribution in [1.29, 1.82) is 5.26 Å². The summed E-state index contributed by atoms with van der Waals surface area (Å²) in [4.78, 5) is 4.23. The molecule has 2 nitrogen and oxygen atoms in total. The zero-order valence-electron chi connectivity index (χ0n) is 10.6. The lowest BCUT2D eigenvalue weighted by atomic mass is 9.96. The zero-order valence-corrected chi connectivity index (χ0v) is 10.6. The van der Waals surface area contributed by atoms with Gasteiger partial charge in [-0.05, 0) is 41.1 Å². The van der Waals surface area contributed by atoms with E-state index in [9.17, 15) is 0 Å². The van der Waals surface area contributed by atoms with Crippen LogP contribution in [0.15, 0.2) is 54.9 Å². The van der Waals surface area contributed by atoms with Gasteiger partial charge >= 0.3 is 0 Å². The largest absolute Gasteiger partial charge is 0.264 e. The van der Waals surface area contributed by atoms with E-state index in [-0.39, 0.29) is 0 Å². The zero-order chi connectivity index (χ0) is 13.2. The van der Waals surface area contributed by atoms with Gasteiger partial charge in [0.2, 0.25) is 0 Å². The summed E-state index contributed by atoms with van der Waals surface area (Å²) in [5.41, 5.74) is 4.05. The molecule has 0 atom stereocenters.